The maximum absolute atomic E-state index is 13.0. The van der Waals surface area contributed by atoms with E-state index in [-0.39, 0.29) is 12.1 Å². The zero-order chi connectivity index (χ0) is 10.8. The minimum atomic E-state index is -0.536. The van der Waals surface area contributed by atoms with Crippen molar-refractivity contribution in [2.75, 3.05) is 6.54 Å². The van der Waals surface area contributed by atoms with Crippen LogP contribution in [0.25, 0.3) is 0 Å². The molecule has 82 valence electrons. The van der Waals surface area contributed by atoms with Crippen molar-refractivity contribution >= 4 is 0 Å². The van der Waals surface area contributed by atoms with E-state index in [4.69, 9.17) is 5.73 Å². The van der Waals surface area contributed by atoms with E-state index in [1.54, 1.807) is 0 Å². The van der Waals surface area contributed by atoms with Gasteiger partial charge in [-0.25, -0.2) is 8.78 Å². The molecular formula is C11H14F2N2. The SMILES string of the molecule is NC1CCNC(c2cc(F)cc(F)c2)C1. The first-order valence-corrected chi connectivity index (χ1v) is 5.10. The highest BCUT2D eigenvalue weighted by Crippen LogP contribution is 2.23. The Labute approximate surface area is 87.5 Å². The molecule has 0 radical (unpaired) electrons. The lowest BCUT2D eigenvalue weighted by atomic mass is 9.94. The number of hydrogen-bond acceptors (Lipinski definition) is 2. The van der Waals surface area contributed by atoms with Gasteiger partial charge in [0, 0.05) is 18.2 Å². The second-order valence-corrected chi connectivity index (χ2v) is 3.99. The molecule has 0 aliphatic carbocycles. The minimum absolute atomic E-state index is 0.0288. The van der Waals surface area contributed by atoms with Gasteiger partial charge >= 0.3 is 0 Å². The first kappa shape index (κ1) is 10.5. The highest BCUT2D eigenvalue weighted by atomic mass is 19.1. The molecule has 1 heterocycles. The first-order valence-electron chi connectivity index (χ1n) is 5.10. The van der Waals surface area contributed by atoms with E-state index in [0.29, 0.717) is 5.56 Å². The van der Waals surface area contributed by atoms with E-state index in [9.17, 15) is 8.78 Å². The largest absolute Gasteiger partial charge is 0.328 e. The average Bonchev–Trinajstić information content (AvgIpc) is 2.16. The fourth-order valence-electron chi connectivity index (χ4n) is 1.98. The molecule has 1 saturated heterocycles. The first-order chi connectivity index (χ1) is 7.15. The lowest BCUT2D eigenvalue weighted by molar-refractivity contribution is 0.367. The van der Waals surface area contributed by atoms with E-state index in [1.807, 2.05) is 0 Å². The van der Waals surface area contributed by atoms with Crippen LogP contribution < -0.4 is 11.1 Å². The fraction of sp³-hybridized carbons (Fsp3) is 0.455. The molecule has 2 rings (SSSR count). The molecular weight excluding hydrogens is 198 g/mol. The molecule has 1 aliphatic rings. The predicted molar refractivity (Wildman–Crippen MR) is 54.3 cm³/mol. The molecule has 0 spiro atoms. The monoisotopic (exact) mass is 212 g/mol. The van der Waals surface area contributed by atoms with Crippen LogP contribution >= 0.6 is 0 Å². The van der Waals surface area contributed by atoms with E-state index in [1.165, 1.54) is 12.1 Å². The quantitative estimate of drug-likeness (QED) is 0.743. The van der Waals surface area contributed by atoms with Crippen LogP contribution in [0.5, 0.6) is 0 Å². The summed E-state index contributed by atoms with van der Waals surface area (Å²) in [4.78, 5) is 0. The molecule has 4 heteroatoms. The summed E-state index contributed by atoms with van der Waals surface area (Å²) in [5.74, 6) is -1.07. The Morgan fingerprint density at radius 3 is 2.47 bits per heavy atom. The Morgan fingerprint density at radius 2 is 1.87 bits per heavy atom. The summed E-state index contributed by atoms with van der Waals surface area (Å²) >= 11 is 0. The molecule has 0 saturated carbocycles. The van der Waals surface area contributed by atoms with Gasteiger partial charge in [-0.3, -0.25) is 0 Å². The molecule has 15 heavy (non-hydrogen) atoms. The molecule has 2 atom stereocenters. The van der Waals surface area contributed by atoms with Gasteiger partial charge in [-0.2, -0.15) is 0 Å². The Kier molecular flexibility index (Phi) is 2.98. The topological polar surface area (TPSA) is 38.0 Å². The maximum Gasteiger partial charge on any atom is 0.126 e. The third kappa shape index (κ3) is 2.52. The Bertz CT molecular complexity index is 334. The Morgan fingerprint density at radius 1 is 1.20 bits per heavy atom. The molecule has 1 aromatic rings. The van der Waals surface area contributed by atoms with E-state index in [0.717, 1.165) is 25.5 Å². The number of benzene rings is 1. The van der Waals surface area contributed by atoms with Gasteiger partial charge in [-0.05, 0) is 37.1 Å². The van der Waals surface area contributed by atoms with Crippen LogP contribution in [-0.2, 0) is 0 Å². The molecule has 2 unspecified atom stereocenters. The van der Waals surface area contributed by atoms with Gasteiger partial charge in [0.15, 0.2) is 0 Å². The molecule has 1 aliphatic heterocycles. The predicted octanol–water partition coefficient (Wildman–Crippen LogP) is 1.72. The fourth-order valence-corrected chi connectivity index (χ4v) is 1.98. The van der Waals surface area contributed by atoms with E-state index < -0.39 is 11.6 Å². The van der Waals surface area contributed by atoms with Crippen LogP contribution in [0.4, 0.5) is 8.78 Å². The van der Waals surface area contributed by atoms with Crippen LogP contribution in [0.2, 0.25) is 0 Å². The number of halogens is 2. The van der Waals surface area contributed by atoms with Gasteiger partial charge < -0.3 is 11.1 Å². The minimum Gasteiger partial charge on any atom is -0.328 e. The molecule has 0 amide bonds. The standard InChI is InChI=1S/C11H14F2N2/c12-8-3-7(4-9(13)5-8)11-6-10(14)1-2-15-11/h3-5,10-11,15H,1-2,6,14H2. The van der Waals surface area contributed by atoms with Gasteiger partial charge in [0.25, 0.3) is 0 Å². The lowest BCUT2D eigenvalue weighted by Crippen LogP contribution is -2.38. The zero-order valence-electron chi connectivity index (χ0n) is 8.34. The zero-order valence-corrected chi connectivity index (χ0v) is 8.34. The van der Waals surface area contributed by atoms with Crippen LogP contribution in [-0.4, -0.2) is 12.6 Å². The third-order valence-corrected chi connectivity index (χ3v) is 2.73. The van der Waals surface area contributed by atoms with Crippen molar-refractivity contribution in [3.05, 3.63) is 35.4 Å². The summed E-state index contributed by atoms with van der Waals surface area (Å²) in [6.07, 6.45) is 1.64. The van der Waals surface area contributed by atoms with Crippen molar-refractivity contribution in [1.82, 2.24) is 5.32 Å². The van der Waals surface area contributed by atoms with Crippen LogP contribution in [0.15, 0.2) is 18.2 Å². The normalized spacial score (nSPS) is 26.6. The van der Waals surface area contributed by atoms with Gasteiger partial charge in [0.2, 0.25) is 0 Å². The van der Waals surface area contributed by atoms with Crippen molar-refractivity contribution in [2.45, 2.75) is 24.9 Å². The van der Waals surface area contributed by atoms with Gasteiger partial charge in [0.1, 0.15) is 11.6 Å². The highest BCUT2D eigenvalue weighted by Gasteiger charge is 2.20. The highest BCUT2D eigenvalue weighted by molar-refractivity contribution is 5.22. The van der Waals surface area contributed by atoms with Gasteiger partial charge in [-0.15, -0.1) is 0 Å². The second-order valence-electron chi connectivity index (χ2n) is 3.99. The number of piperidine rings is 1. The molecule has 3 N–H and O–H groups in total. The Balaban J connectivity index is 2.20. The van der Waals surface area contributed by atoms with Gasteiger partial charge in [0.05, 0.1) is 0 Å². The van der Waals surface area contributed by atoms with Crippen molar-refractivity contribution in [3.63, 3.8) is 0 Å². The summed E-state index contributed by atoms with van der Waals surface area (Å²) in [6, 6.07) is 3.69. The van der Waals surface area contributed by atoms with E-state index in [2.05, 4.69) is 5.32 Å². The van der Waals surface area contributed by atoms with Crippen molar-refractivity contribution < 1.29 is 8.78 Å². The van der Waals surface area contributed by atoms with Crippen LogP contribution in [0.3, 0.4) is 0 Å². The lowest BCUT2D eigenvalue weighted by Gasteiger charge is -2.28. The Hall–Kier alpha value is -1.00. The summed E-state index contributed by atoms with van der Waals surface area (Å²) in [5, 5.41) is 3.21. The third-order valence-electron chi connectivity index (χ3n) is 2.73. The summed E-state index contributed by atoms with van der Waals surface area (Å²) in [5.41, 5.74) is 6.45. The van der Waals surface area contributed by atoms with Crippen LogP contribution in [0.1, 0.15) is 24.4 Å². The van der Waals surface area contributed by atoms with E-state index >= 15 is 0 Å². The second kappa shape index (κ2) is 4.24. The number of hydrogen-bond donors (Lipinski definition) is 2. The average molecular weight is 212 g/mol. The molecule has 1 aromatic carbocycles. The van der Waals surface area contributed by atoms with Crippen LogP contribution in [0, 0.1) is 11.6 Å². The summed E-state index contributed by atoms with van der Waals surface area (Å²) in [6.45, 7) is 0.796. The number of nitrogens with one attached hydrogen (secondary N) is 1. The van der Waals surface area contributed by atoms with Crippen molar-refractivity contribution in [1.29, 1.82) is 0 Å². The van der Waals surface area contributed by atoms with Gasteiger partial charge in [-0.1, -0.05) is 0 Å². The molecule has 1 fully saturated rings. The smallest absolute Gasteiger partial charge is 0.126 e. The number of nitrogens with two attached hydrogens (primary N) is 1. The maximum atomic E-state index is 13.0. The van der Waals surface area contributed by atoms with Crippen molar-refractivity contribution in [2.24, 2.45) is 5.73 Å². The van der Waals surface area contributed by atoms with Crippen molar-refractivity contribution in [3.8, 4) is 0 Å². The molecule has 0 aromatic heterocycles. The summed E-state index contributed by atoms with van der Waals surface area (Å²) < 4.78 is 26.0. The summed E-state index contributed by atoms with van der Waals surface area (Å²) in [7, 11) is 0. The number of rotatable bonds is 1. The molecule has 0 bridgehead atoms. The molecule has 2 nitrogen and oxygen atoms in total.